The highest BCUT2D eigenvalue weighted by Gasteiger charge is 2.51. The standard InChI is InChI=1S/C19H31N3O/c1-5-8-19(9-6-2)11-17(19)13-21-18(23)22(4)14-16-7-10-20-12-15(16)3/h7,10,12,17H,5-6,8-9,11,13-14H2,1-4H3,(H,21,23). The lowest BCUT2D eigenvalue weighted by Gasteiger charge is -2.20. The maximum absolute atomic E-state index is 12.3. The molecule has 0 bridgehead atoms. The van der Waals surface area contributed by atoms with Gasteiger partial charge in [-0.3, -0.25) is 4.98 Å². The quantitative estimate of drug-likeness (QED) is 0.783. The maximum Gasteiger partial charge on any atom is 0.317 e. The predicted octanol–water partition coefficient (Wildman–Crippen LogP) is 4.14. The van der Waals surface area contributed by atoms with Crippen molar-refractivity contribution in [3.05, 3.63) is 29.6 Å². The Kier molecular flexibility index (Phi) is 6.03. The average molecular weight is 317 g/mol. The van der Waals surface area contributed by atoms with Crippen LogP contribution in [0.3, 0.4) is 0 Å². The van der Waals surface area contributed by atoms with E-state index < -0.39 is 0 Å². The Labute approximate surface area is 140 Å². The molecule has 0 saturated heterocycles. The van der Waals surface area contributed by atoms with Crippen LogP contribution in [0.2, 0.25) is 0 Å². The molecule has 23 heavy (non-hydrogen) atoms. The normalized spacial score (nSPS) is 18.5. The molecule has 1 aromatic rings. The van der Waals surface area contributed by atoms with Crippen LogP contribution in [-0.2, 0) is 6.54 Å². The highest BCUT2D eigenvalue weighted by atomic mass is 16.2. The van der Waals surface area contributed by atoms with Gasteiger partial charge in [-0.2, -0.15) is 0 Å². The van der Waals surface area contributed by atoms with Gasteiger partial charge in [-0.25, -0.2) is 4.79 Å². The van der Waals surface area contributed by atoms with Crippen LogP contribution in [0.25, 0.3) is 0 Å². The van der Waals surface area contributed by atoms with Crippen molar-refractivity contribution in [3.8, 4) is 0 Å². The third kappa shape index (κ3) is 4.46. The molecule has 4 heteroatoms. The van der Waals surface area contributed by atoms with Crippen molar-refractivity contribution in [2.45, 2.75) is 59.4 Å². The van der Waals surface area contributed by atoms with Gasteiger partial charge in [0.25, 0.3) is 0 Å². The predicted molar refractivity (Wildman–Crippen MR) is 94.2 cm³/mol. The first-order chi connectivity index (χ1) is 11.0. The molecule has 0 radical (unpaired) electrons. The van der Waals surface area contributed by atoms with Crippen molar-refractivity contribution < 1.29 is 4.79 Å². The number of nitrogens with one attached hydrogen (secondary N) is 1. The second-order valence-corrected chi connectivity index (χ2v) is 7.11. The van der Waals surface area contributed by atoms with Gasteiger partial charge in [0.05, 0.1) is 0 Å². The van der Waals surface area contributed by atoms with Gasteiger partial charge >= 0.3 is 6.03 Å². The zero-order chi connectivity index (χ0) is 16.9. The molecule has 4 nitrogen and oxygen atoms in total. The smallest absolute Gasteiger partial charge is 0.317 e. The number of carbonyl (C=O) groups excluding carboxylic acids is 1. The van der Waals surface area contributed by atoms with E-state index in [0.717, 1.165) is 17.7 Å². The number of pyridine rings is 1. The summed E-state index contributed by atoms with van der Waals surface area (Å²) < 4.78 is 0. The van der Waals surface area contributed by atoms with E-state index in [9.17, 15) is 4.79 Å². The molecule has 0 spiro atoms. The number of hydrogen-bond acceptors (Lipinski definition) is 2. The zero-order valence-electron chi connectivity index (χ0n) is 15.1. The van der Waals surface area contributed by atoms with E-state index in [1.54, 1.807) is 11.1 Å². The molecule has 1 aliphatic carbocycles. The highest BCUT2D eigenvalue weighted by Crippen LogP contribution is 2.58. The van der Waals surface area contributed by atoms with Crippen LogP contribution in [-0.4, -0.2) is 29.5 Å². The second kappa shape index (κ2) is 7.80. The van der Waals surface area contributed by atoms with Gasteiger partial charge in [-0.05, 0) is 54.7 Å². The van der Waals surface area contributed by atoms with Gasteiger partial charge in [0.2, 0.25) is 0 Å². The number of aromatic nitrogens is 1. The van der Waals surface area contributed by atoms with Crippen molar-refractivity contribution in [2.24, 2.45) is 11.3 Å². The summed E-state index contributed by atoms with van der Waals surface area (Å²) in [5.74, 6) is 0.669. The molecular formula is C19H31N3O. The molecule has 1 aromatic heterocycles. The average Bonchev–Trinajstić information content (AvgIpc) is 3.20. The molecule has 128 valence electrons. The number of hydrogen-bond donors (Lipinski definition) is 1. The lowest BCUT2D eigenvalue weighted by Crippen LogP contribution is -2.38. The van der Waals surface area contributed by atoms with Crippen LogP contribution in [0.15, 0.2) is 18.5 Å². The highest BCUT2D eigenvalue weighted by molar-refractivity contribution is 5.73. The third-order valence-corrected chi connectivity index (χ3v) is 5.24. The summed E-state index contributed by atoms with van der Waals surface area (Å²) in [6.45, 7) is 7.99. The van der Waals surface area contributed by atoms with Gasteiger partial charge < -0.3 is 10.2 Å². The summed E-state index contributed by atoms with van der Waals surface area (Å²) in [7, 11) is 1.85. The Balaban J connectivity index is 1.80. The van der Waals surface area contributed by atoms with E-state index in [-0.39, 0.29) is 6.03 Å². The number of rotatable bonds is 8. The summed E-state index contributed by atoms with van der Waals surface area (Å²) in [4.78, 5) is 18.2. The summed E-state index contributed by atoms with van der Waals surface area (Å²) in [6, 6.07) is 2.00. The van der Waals surface area contributed by atoms with Gasteiger partial charge in [0.15, 0.2) is 0 Å². The Morgan fingerprint density at radius 2 is 2.09 bits per heavy atom. The maximum atomic E-state index is 12.3. The fourth-order valence-electron chi connectivity index (χ4n) is 3.81. The van der Waals surface area contributed by atoms with Crippen molar-refractivity contribution in [1.82, 2.24) is 15.2 Å². The molecule has 1 N–H and O–H groups in total. The van der Waals surface area contributed by atoms with E-state index in [2.05, 4.69) is 24.1 Å². The van der Waals surface area contributed by atoms with E-state index in [1.165, 1.54) is 32.1 Å². The van der Waals surface area contributed by atoms with Gasteiger partial charge in [-0.15, -0.1) is 0 Å². The molecule has 1 atom stereocenters. The van der Waals surface area contributed by atoms with Crippen LogP contribution in [0.4, 0.5) is 4.79 Å². The Morgan fingerprint density at radius 1 is 1.39 bits per heavy atom. The van der Waals surface area contributed by atoms with Crippen LogP contribution in [0.1, 0.15) is 57.1 Å². The summed E-state index contributed by atoms with van der Waals surface area (Å²) in [5.41, 5.74) is 2.78. The molecule has 1 fully saturated rings. The fraction of sp³-hybridized carbons (Fsp3) is 0.684. The van der Waals surface area contributed by atoms with E-state index in [4.69, 9.17) is 0 Å². The number of nitrogens with zero attached hydrogens (tertiary/aromatic N) is 2. The summed E-state index contributed by atoms with van der Waals surface area (Å²) in [6.07, 6.45) is 9.98. The molecule has 1 unspecified atom stereocenters. The monoisotopic (exact) mass is 317 g/mol. The number of urea groups is 1. The van der Waals surface area contributed by atoms with Crippen LogP contribution in [0.5, 0.6) is 0 Å². The molecular weight excluding hydrogens is 286 g/mol. The topological polar surface area (TPSA) is 45.2 Å². The van der Waals surface area contributed by atoms with Crippen LogP contribution in [0, 0.1) is 18.3 Å². The van der Waals surface area contributed by atoms with E-state index >= 15 is 0 Å². The number of aryl methyl sites for hydroxylation is 1. The first-order valence-corrected chi connectivity index (χ1v) is 8.91. The minimum Gasteiger partial charge on any atom is -0.338 e. The lowest BCUT2D eigenvalue weighted by atomic mass is 9.92. The number of amides is 2. The minimum absolute atomic E-state index is 0.0232. The van der Waals surface area contributed by atoms with Crippen molar-refractivity contribution in [2.75, 3.05) is 13.6 Å². The first kappa shape index (κ1) is 17.8. The van der Waals surface area contributed by atoms with E-state index in [0.29, 0.717) is 17.9 Å². The first-order valence-electron chi connectivity index (χ1n) is 8.91. The largest absolute Gasteiger partial charge is 0.338 e. The van der Waals surface area contributed by atoms with Crippen molar-refractivity contribution in [3.63, 3.8) is 0 Å². The van der Waals surface area contributed by atoms with Crippen LogP contribution >= 0.6 is 0 Å². The van der Waals surface area contributed by atoms with Gasteiger partial charge in [0.1, 0.15) is 0 Å². The molecule has 1 aliphatic rings. The third-order valence-electron chi connectivity index (χ3n) is 5.24. The molecule has 0 aromatic carbocycles. The fourth-order valence-corrected chi connectivity index (χ4v) is 3.81. The molecule has 2 amide bonds. The summed E-state index contributed by atoms with van der Waals surface area (Å²) in [5, 5.41) is 3.13. The lowest BCUT2D eigenvalue weighted by molar-refractivity contribution is 0.205. The number of carbonyl (C=O) groups is 1. The van der Waals surface area contributed by atoms with Crippen molar-refractivity contribution >= 4 is 6.03 Å². The van der Waals surface area contributed by atoms with E-state index in [1.807, 2.05) is 26.2 Å². The Morgan fingerprint density at radius 3 is 2.70 bits per heavy atom. The zero-order valence-corrected chi connectivity index (χ0v) is 15.1. The molecule has 1 heterocycles. The summed E-state index contributed by atoms with van der Waals surface area (Å²) >= 11 is 0. The Hall–Kier alpha value is -1.58. The van der Waals surface area contributed by atoms with Crippen LogP contribution < -0.4 is 5.32 Å². The molecule has 0 aliphatic heterocycles. The molecule has 2 rings (SSSR count). The second-order valence-electron chi connectivity index (χ2n) is 7.11. The van der Waals surface area contributed by atoms with Gasteiger partial charge in [0, 0.05) is 32.5 Å². The molecule has 1 saturated carbocycles. The van der Waals surface area contributed by atoms with Crippen molar-refractivity contribution in [1.29, 1.82) is 0 Å². The Bertz CT molecular complexity index is 523. The minimum atomic E-state index is 0.0232. The van der Waals surface area contributed by atoms with Gasteiger partial charge in [-0.1, -0.05) is 26.7 Å². The SMILES string of the molecule is CCCC1(CCC)CC1CNC(=O)N(C)Cc1ccncc1C.